The van der Waals surface area contributed by atoms with E-state index >= 15 is 0 Å². The molecule has 1 fully saturated rings. The molecule has 2 N–H and O–H groups in total. The Balaban J connectivity index is 1.41. The largest absolute Gasteiger partial charge is 0.490 e. The number of fused-ring (bicyclic) bond motifs is 1. The maximum absolute atomic E-state index is 14.5. The van der Waals surface area contributed by atoms with Gasteiger partial charge in [-0.25, -0.2) is 18.0 Å². The summed E-state index contributed by atoms with van der Waals surface area (Å²) in [6.07, 6.45) is 0.372. The van der Waals surface area contributed by atoms with Gasteiger partial charge in [-0.15, -0.1) is 0 Å². The lowest BCUT2D eigenvalue weighted by Crippen LogP contribution is -2.39. The minimum atomic E-state index is -0.699. The van der Waals surface area contributed by atoms with E-state index in [9.17, 15) is 22.8 Å². The molecule has 8 nitrogen and oxygen atoms in total. The molecule has 1 aromatic heterocycles. The number of urea groups is 1. The standard InChI is InChI=1S/C25H23ClF3N5O3/c1-12-22-18(23(33(2)32-22)13-5-14(27)7-15(28)6-13)3-4-34(12)24(35)19-8-16(29)9-20(21(19)26)37-11-17-10-30-25(36)31-17/h5-9,12,17H,3-4,10-11H2,1-2H3,(H2,30,31,36)/t12?,17-/m0/s1. The molecular weight excluding hydrogens is 511 g/mol. The van der Waals surface area contributed by atoms with Crippen molar-refractivity contribution in [3.8, 4) is 17.0 Å². The smallest absolute Gasteiger partial charge is 0.315 e. The minimum Gasteiger partial charge on any atom is -0.490 e. The van der Waals surface area contributed by atoms with Gasteiger partial charge in [-0.05, 0) is 31.5 Å². The van der Waals surface area contributed by atoms with Gasteiger partial charge in [0, 0.05) is 43.4 Å². The van der Waals surface area contributed by atoms with E-state index in [4.69, 9.17) is 16.3 Å². The van der Waals surface area contributed by atoms with E-state index in [0.717, 1.165) is 23.8 Å². The lowest BCUT2D eigenvalue weighted by Gasteiger charge is -2.33. The normalized spacial score (nSPS) is 18.9. The molecule has 1 unspecified atom stereocenters. The Bertz CT molecular complexity index is 1390. The van der Waals surface area contributed by atoms with Gasteiger partial charge in [0.1, 0.15) is 29.8 Å². The fourth-order valence-corrected chi connectivity index (χ4v) is 5.09. The number of nitrogens with one attached hydrogen (secondary N) is 2. The van der Waals surface area contributed by atoms with E-state index in [1.54, 1.807) is 18.7 Å². The van der Waals surface area contributed by atoms with Gasteiger partial charge in [0.05, 0.1) is 34.1 Å². The molecule has 194 valence electrons. The van der Waals surface area contributed by atoms with Crippen LogP contribution in [0.1, 0.15) is 34.6 Å². The molecule has 5 rings (SSSR count). The van der Waals surface area contributed by atoms with Gasteiger partial charge in [0.2, 0.25) is 0 Å². The van der Waals surface area contributed by atoms with Crippen LogP contribution in [0.4, 0.5) is 18.0 Å². The summed E-state index contributed by atoms with van der Waals surface area (Å²) in [6, 6.07) is 4.26. The van der Waals surface area contributed by atoms with E-state index in [1.807, 2.05) is 0 Å². The number of amides is 3. The molecule has 0 spiro atoms. The van der Waals surface area contributed by atoms with Crippen LogP contribution < -0.4 is 15.4 Å². The summed E-state index contributed by atoms with van der Waals surface area (Å²) >= 11 is 6.46. The molecule has 3 aromatic rings. The zero-order chi connectivity index (χ0) is 26.4. The van der Waals surface area contributed by atoms with Gasteiger partial charge in [-0.2, -0.15) is 5.10 Å². The second-order valence-corrected chi connectivity index (χ2v) is 9.42. The first kappa shape index (κ1) is 24.9. The highest BCUT2D eigenvalue weighted by Crippen LogP contribution is 2.38. The van der Waals surface area contributed by atoms with Gasteiger partial charge in [0.25, 0.3) is 5.91 Å². The molecule has 3 heterocycles. The van der Waals surface area contributed by atoms with E-state index in [1.165, 1.54) is 17.0 Å². The number of hydrogen-bond acceptors (Lipinski definition) is 4. The van der Waals surface area contributed by atoms with E-state index < -0.39 is 29.4 Å². The molecule has 2 atom stereocenters. The molecule has 2 aromatic carbocycles. The monoisotopic (exact) mass is 533 g/mol. The van der Waals surface area contributed by atoms with E-state index in [-0.39, 0.29) is 41.6 Å². The molecule has 3 amide bonds. The number of halogens is 4. The summed E-state index contributed by atoms with van der Waals surface area (Å²) < 4.78 is 49.4. The van der Waals surface area contributed by atoms with Gasteiger partial charge < -0.3 is 20.3 Å². The second-order valence-electron chi connectivity index (χ2n) is 9.05. The minimum absolute atomic E-state index is 0.00947. The van der Waals surface area contributed by atoms with Crippen molar-refractivity contribution in [2.24, 2.45) is 7.05 Å². The van der Waals surface area contributed by atoms with Crippen LogP contribution in [0.5, 0.6) is 5.75 Å². The molecule has 0 aliphatic carbocycles. The first-order chi connectivity index (χ1) is 17.6. The van der Waals surface area contributed by atoms with Gasteiger partial charge in [0.15, 0.2) is 0 Å². The molecule has 2 aliphatic heterocycles. The van der Waals surface area contributed by atoms with Crippen molar-refractivity contribution in [3.63, 3.8) is 0 Å². The molecule has 12 heteroatoms. The number of carbonyl (C=O) groups is 2. The van der Waals surface area contributed by atoms with Crippen LogP contribution in [0.25, 0.3) is 11.3 Å². The van der Waals surface area contributed by atoms with Crippen LogP contribution >= 0.6 is 11.6 Å². The van der Waals surface area contributed by atoms with Crippen LogP contribution in [0.2, 0.25) is 5.02 Å². The summed E-state index contributed by atoms with van der Waals surface area (Å²) in [6.45, 7) is 2.42. The lowest BCUT2D eigenvalue weighted by atomic mass is 9.95. The predicted octanol–water partition coefficient (Wildman–Crippen LogP) is 3.98. The van der Waals surface area contributed by atoms with E-state index in [0.29, 0.717) is 29.9 Å². The number of carbonyl (C=O) groups excluding carboxylic acids is 2. The Morgan fingerprint density at radius 1 is 1.16 bits per heavy atom. The molecule has 0 radical (unpaired) electrons. The van der Waals surface area contributed by atoms with Crippen molar-refractivity contribution < 1.29 is 27.5 Å². The summed E-state index contributed by atoms with van der Waals surface area (Å²) in [5, 5.41) is 9.74. The number of hydrogen-bond donors (Lipinski definition) is 2. The first-order valence-electron chi connectivity index (χ1n) is 11.6. The third-order valence-electron chi connectivity index (χ3n) is 6.56. The topological polar surface area (TPSA) is 88.5 Å². The molecule has 0 saturated carbocycles. The average Bonchev–Trinajstić information content (AvgIpc) is 3.41. The third-order valence-corrected chi connectivity index (χ3v) is 6.95. The Hall–Kier alpha value is -3.73. The fraction of sp³-hybridized carbons (Fsp3) is 0.320. The van der Waals surface area contributed by atoms with Gasteiger partial charge in [-0.1, -0.05) is 11.6 Å². The summed E-state index contributed by atoms with van der Waals surface area (Å²) in [5.74, 6) is -2.61. The Labute approximate surface area is 215 Å². The number of aryl methyl sites for hydroxylation is 1. The predicted molar refractivity (Wildman–Crippen MR) is 129 cm³/mol. The Morgan fingerprint density at radius 2 is 1.86 bits per heavy atom. The Kier molecular flexibility index (Phi) is 6.49. The maximum atomic E-state index is 14.5. The fourth-order valence-electron chi connectivity index (χ4n) is 4.85. The van der Waals surface area contributed by atoms with Crippen LogP contribution in [0, 0.1) is 17.5 Å². The lowest BCUT2D eigenvalue weighted by molar-refractivity contribution is 0.0672. The highest BCUT2D eigenvalue weighted by molar-refractivity contribution is 6.35. The van der Waals surface area contributed by atoms with E-state index in [2.05, 4.69) is 15.7 Å². The average molecular weight is 534 g/mol. The van der Waals surface area contributed by atoms with Gasteiger partial charge >= 0.3 is 6.03 Å². The van der Waals surface area contributed by atoms with Crippen LogP contribution in [-0.2, 0) is 13.5 Å². The SMILES string of the molecule is CC1c2nn(C)c(-c3cc(F)cc(F)c3)c2CCN1C(=O)c1cc(F)cc(OC[C@@H]2CNC(=O)N2)c1Cl. The molecule has 1 saturated heterocycles. The first-order valence-corrected chi connectivity index (χ1v) is 12.0. The summed E-state index contributed by atoms with van der Waals surface area (Å²) in [4.78, 5) is 26.3. The number of benzene rings is 2. The maximum Gasteiger partial charge on any atom is 0.315 e. The zero-order valence-corrected chi connectivity index (χ0v) is 20.7. The van der Waals surface area contributed by atoms with Crippen molar-refractivity contribution in [3.05, 3.63) is 69.6 Å². The quantitative estimate of drug-likeness (QED) is 0.519. The number of aromatic nitrogens is 2. The van der Waals surface area contributed by atoms with Crippen LogP contribution in [0.3, 0.4) is 0 Å². The van der Waals surface area contributed by atoms with Crippen molar-refractivity contribution in [2.75, 3.05) is 19.7 Å². The number of nitrogens with zero attached hydrogens (tertiary/aromatic N) is 3. The second kappa shape index (κ2) is 9.62. The van der Waals surface area contributed by atoms with Crippen molar-refractivity contribution >= 4 is 23.5 Å². The summed E-state index contributed by atoms with van der Waals surface area (Å²) in [5.41, 5.74) is 2.22. The van der Waals surface area contributed by atoms with Crippen molar-refractivity contribution in [1.29, 1.82) is 0 Å². The zero-order valence-electron chi connectivity index (χ0n) is 19.9. The molecule has 0 bridgehead atoms. The van der Waals surface area contributed by atoms with Crippen LogP contribution in [0.15, 0.2) is 30.3 Å². The van der Waals surface area contributed by atoms with Gasteiger partial charge in [-0.3, -0.25) is 9.48 Å². The molecule has 37 heavy (non-hydrogen) atoms. The summed E-state index contributed by atoms with van der Waals surface area (Å²) in [7, 11) is 1.67. The number of rotatable bonds is 5. The molecule has 2 aliphatic rings. The molecular formula is C25H23ClF3N5O3. The third kappa shape index (κ3) is 4.71. The van der Waals surface area contributed by atoms with Crippen molar-refractivity contribution in [1.82, 2.24) is 25.3 Å². The van der Waals surface area contributed by atoms with Crippen LogP contribution in [-0.4, -0.2) is 52.4 Å². The highest BCUT2D eigenvalue weighted by atomic mass is 35.5. The number of ether oxygens (including phenoxy) is 1. The van der Waals surface area contributed by atoms with Crippen molar-refractivity contribution in [2.45, 2.75) is 25.4 Å². The Morgan fingerprint density at radius 3 is 2.54 bits per heavy atom. The highest BCUT2D eigenvalue weighted by Gasteiger charge is 2.35.